The van der Waals surface area contributed by atoms with Gasteiger partial charge in [-0.25, -0.2) is 8.42 Å². The molecule has 1 heterocycles. The molecule has 0 radical (unpaired) electrons. The smallest absolute Gasteiger partial charge is 0.244 e. The van der Waals surface area contributed by atoms with Crippen molar-refractivity contribution < 1.29 is 17.9 Å². The van der Waals surface area contributed by atoms with Crippen LogP contribution in [0.5, 0.6) is 5.75 Å². The largest absolute Gasteiger partial charge is 0.497 e. The topological polar surface area (TPSA) is 110 Å². The minimum atomic E-state index is -3.91. The van der Waals surface area contributed by atoms with E-state index in [-0.39, 0.29) is 16.2 Å². The minimum Gasteiger partial charge on any atom is -0.497 e. The molecular weight excluding hydrogens is 484 g/mol. The molecule has 2 N–H and O–H groups in total. The number of aromatic nitrogens is 2. The zero-order valence-corrected chi connectivity index (χ0v) is 22.5. The normalized spacial score (nSPS) is 13.8. The van der Waals surface area contributed by atoms with Gasteiger partial charge >= 0.3 is 0 Å². The van der Waals surface area contributed by atoms with Crippen LogP contribution in [0.4, 0.5) is 5.13 Å². The molecular formula is C25H32N4O4S2. The number of nitrogens with zero attached hydrogens (tertiary/aromatic N) is 2. The van der Waals surface area contributed by atoms with Gasteiger partial charge in [0.25, 0.3) is 0 Å². The highest BCUT2D eigenvalue weighted by Gasteiger charge is 2.30. The highest BCUT2D eigenvalue weighted by molar-refractivity contribution is 7.89. The molecule has 2 atom stereocenters. The van der Waals surface area contributed by atoms with Crippen molar-refractivity contribution in [3.8, 4) is 16.3 Å². The molecule has 0 fully saturated rings. The van der Waals surface area contributed by atoms with Gasteiger partial charge in [-0.05, 0) is 53.3 Å². The number of methoxy groups -OCH3 is 1. The van der Waals surface area contributed by atoms with Crippen LogP contribution in [0.2, 0.25) is 0 Å². The van der Waals surface area contributed by atoms with Gasteiger partial charge in [0, 0.05) is 5.56 Å². The summed E-state index contributed by atoms with van der Waals surface area (Å²) in [6.45, 7) is 9.92. The average Bonchev–Trinajstić information content (AvgIpc) is 3.30. The third kappa shape index (κ3) is 6.65. The Morgan fingerprint density at radius 3 is 2.23 bits per heavy atom. The van der Waals surface area contributed by atoms with E-state index in [1.807, 2.05) is 38.1 Å². The number of hydrogen-bond acceptors (Lipinski definition) is 7. The fraction of sp³-hybridized carbons (Fsp3) is 0.400. The predicted octanol–water partition coefficient (Wildman–Crippen LogP) is 4.84. The number of hydrogen-bond donors (Lipinski definition) is 2. The summed E-state index contributed by atoms with van der Waals surface area (Å²) in [7, 11) is -2.32. The molecule has 0 aliphatic carbocycles. The van der Waals surface area contributed by atoms with E-state index < -0.39 is 22.0 Å². The maximum Gasteiger partial charge on any atom is 0.244 e. The summed E-state index contributed by atoms with van der Waals surface area (Å²) < 4.78 is 34.0. The van der Waals surface area contributed by atoms with Crippen LogP contribution in [0.1, 0.15) is 46.6 Å². The van der Waals surface area contributed by atoms with E-state index in [0.717, 1.165) is 16.9 Å². The summed E-state index contributed by atoms with van der Waals surface area (Å²) in [6.07, 6.45) is 0.608. The van der Waals surface area contributed by atoms with Gasteiger partial charge in [-0.1, -0.05) is 64.5 Å². The third-order valence-electron chi connectivity index (χ3n) is 5.80. The SMILES string of the molecule is CC[C@H](C)[C@H](NS(=O)(=O)c1ccc(C(C)(C)C)cc1)C(=O)Nc1nnc(-c2ccc(OC)cc2)s1. The maximum absolute atomic E-state index is 13.1. The zero-order chi connectivity index (χ0) is 25.8. The van der Waals surface area contributed by atoms with Crippen molar-refractivity contribution in [2.24, 2.45) is 5.92 Å². The van der Waals surface area contributed by atoms with Crippen molar-refractivity contribution in [2.75, 3.05) is 12.4 Å². The van der Waals surface area contributed by atoms with E-state index in [9.17, 15) is 13.2 Å². The molecule has 3 rings (SSSR count). The quantitative estimate of drug-likeness (QED) is 0.421. The summed E-state index contributed by atoms with van der Waals surface area (Å²) in [6, 6.07) is 13.1. The molecule has 188 valence electrons. The maximum atomic E-state index is 13.1. The second-order valence-corrected chi connectivity index (χ2v) is 12.1. The highest BCUT2D eigenvalue weighted by Crippen LogP contribution is 2.28. The monoisotopic (exact) mass is 516 g/mol. The number of rotatable bonds is 9. The van der Waals surface area contributed by atoms with Gasteiger partial charge in [0.05, 0.1) is 12.0 Å². The lowest BCUT2D eigenvalue weighted by molar-refractivity contribution is -0.118. The number of sulfonamides is 1. The van der Waals surface area contributed by atoms with Crippen molar-refractivity contribution in [2.45, 2.75) is 57.4 Å². The lowest BCUT2D eigenvalue weighted by atomic mass is 9.87. The van der Waals surface area contributed by atoms with Crippen LogP contribution < -0.4 is 14.8 Å². The second-order valence-electron chi connectivity index (χ2n) is 9.39. The Morgan fingerprint density at radius 1 is 1.06 bits per heavy atom. The lowest BCUT2D eigenvalue weighted by Gasteiger charge is -2.23. The van der Waals surface area contributed by atoms with E-state index in [1.54, 1.807) is 31.4 Å². The van der Waals surface area contributed by atoms with E-state index in [0.29, 0.717) is 16.6 Å². The van der Waals surface area contributed by atoms with Crippen LogP contribution >= 0.6 is 11.3 Å². The minimum absolute atomic E-state index is 0.0960. The molecule has 0 saturated carbocycles. The number of carbonyl (C=O) groups is 1. The van der Waals surface area contributed by atoms with Gasteiger partial charge in [0.2, 0.25) is 21.1 Å². The van der Waals surface area contributed by atoms with E-state index in [1.165, 1.54) is 11.3 Å². The van der Waals surface area contributed by atoms with Crippen molar-refractivity contribution in [3.05, 3.63) is 54.1 Å². The molecule has 0 aliphatic rings. The number of ether oxygens (including phenoxy) is 1. The predicted molar refractivity (Wildman–Crippen MR) is 139 cm³/mol. The summed E-state index contributed by atoms with van der Waals surface area (Å²) in [4.78, 5) is 13.2. The summed E-state index contributed by atoms with van der Waals surface area (Å²) >= 11 is 1.21. The number of carbonyl (C=O) groups excluding carboxylic acids is 1. The molecule has 35 heavy (non-hydrogen) atoms. The van der Waals surface area contributed by atoms with Gasteiger partial charge in [-0.15, -0.1) is 10.2 Å². The first kappa shape index (κ1) is 26.8. The molecule has 3 aromatic rings. The number of anilines is 1. The standard InChI is InChI=1S/C25H32N4O4S2/c1-7-16(2)21(29-35(31,32)20-14-10-18(11-15-20)25(3,4)5)22(30)26-24-28-27-23(34-24)17-8-12-19(33-6)13-9-17/h8-16,21,29H,7H2,1-6H3,(H,26,28,30)/t16-,21-/m0/s1. The van der Waals surface area contributed by atoms with Crippen LogP contribution in [0.15, 0.2) is 53.4 Å². The molecule has 1 amide bonds. The van der Waals surface area contributed by atoms with Crippen LogP contribution in [0, 0.1) is 5.92 Å². The van der Waals surface area contributed by atoms with Crippen LogP contribution in [0.25, 0.3) is 10.6 Å². The Balaban J connectivity index is 1.77. The first-order valence-corrected chi connectivity index (χ1v) is 13.7. The van der Waals surface area contributed by atoms with Gasteiger partial charge in [0.1, 0.15) is 16.8 Å². The molecule has 0 aliphatic heterocycles. The van der Waals surface area contributed by atoms with Crippen molar-refractivity contribution in [1.29, 1.82) is 0 Å². The Labute approximate surface area is 211 Å². The Hall–Kier alpha value is -2.82. The molecule has 0 spiro atoms. The molecule has 0 bridgehead atoms. The first-order valence-electron chi connectivity index (χ1n) is 11.4. The number of amides is 1. The fourth-order valence-corrected chi connectivity index (χ4v) is 5.40. The van der Waals surface area contributed by atoms with Gasteiger partial charge in [0.15, 0.2) is 0 Å². The Kier molecular flexibility index (Phi) is 8.30. The summed E-state index contributed by atoms with van der Waals surface area (Å²) in [5.74, 6) is 0.00258. The van der Waals surface area contributed by atoms with Gasteiger partial charge in [-0.3, -0.25) is 10.1 Å². The second kappa shape index (κ2) is 10.8. The number of nitrogens with one attached hydrogen (secondary N) is 2. The molecule has 2 aromatic carbocycles. The molecule has 10 heteroatoms. The van der Waals surface area contributed by atoms with Crippen LogP contribution in [0.3, 0.4) is 0 Å². The average molecular weight is 517 g/mol. The summed E-state index contributed by atoms with van der Waals surface area (Å²) in [5, 5.41) is 11.9. The first-order chi connectivity index (χ1) is 16.4. The summed E-state index contributed by atoms with van der Waals surface area (Å²) in [5.41, 5.74) is 1.76. The zero-order valence-electron chi connectivity index (χ0n) is 20.8. The fourth-order valence-electron chi connectivity index (χ4n) is 3.34. The molecule has 8 nitrogen and oxygen atoms in total. The van der Waals surface area contributed by atoms with Crippen molar-refractivity contribution in [3.63, 3.8) is 0 Å². The van der Waals surface area contributed by atoms with E-state index >= 15 is 0 Å². The van der Waals surface area contributed by atoms with Crippen molar-refractivity contribution in [1.82, 2.24) is 14.9 Å². The van der Waals surface area contributed by atoms with Gasteiger partial charge in [-0.2, -0.15) is 4.72 Å². The van der Waals surface area contributed by atoms with Crippen LogP contribution in [-0.4, -0.2) is 37.7 Å². The molecule has 0 saturated heterocycles. The third-order valence-corrected chi connectivity index (χ3v) is 8.15. The molecule has 1 aromatic heterocycles. The van der Waals surface area contributed by atoms with E-state index in [4.69, 9.17) is 4.74 Å². The highest BCUT2D eigenvalue weighted by atomic mass is 32.2. The lowest BCUT2D eigenvalue weighted by Crippen LogP contribution is -2.47. The number of benzene rings is 2. The van der Waals surface area contributed by atoms with Crippen molar-refractivity contribution >= 4 is 32.4 Å². The van der Waals surface area contributed by atoms with E-state index in [2.05, 4.69) is 41.0 Å². The van der Waals surface area contributed by atoms with Gasteiger partial charge < -0.3 is 4.74 Å². The Bertz CT molecular complexity index is 1250. The van der Waals surface area contributed by atoms with Crippen LogP contribution in [-0.2, 0) is 20.2 Å². The molecule has 0 unspecified atom stereocenters. The Morgan fingerprint density at radius 2 is 1.69 bits per heavy atom.